The van der Waals surface area contributed by atoms with E-state index in [0.29, 0.717) is 5.41 Å². The lowest BCUT2D eigenvalue weighted by atomic mass is 9.55. The third kappa shape index (κ3) is 0.794. The average Bonchev–Trinajstić information content (AvgIpc) is 2.35. The third-order valence-electron chi connectivity index (χ3n) is 2.77. The van der Waals surface area contributed by atoms with Gasteiger partial charge in [-0.2, -0.15) is 0 Å². The molecule has 2 rings (SSSR count). The molecular weight excluding hydrogens is 115 g/mol. The van der Waals surface area contributed by atoms with Gasteiger partial charge in [0.1, 0.15) is 0 Å². The van der Waals surface area contributed by atoms with Crippen LogP contribution >= 0.6 is 0 Å². The van der Waals surface area contributed by atoms with E-state index < -0.39 is 7.12 Å². The van der Waals surface area contributed by atoms with Crippen molar-refractivity contribution in [3.05, 3.63) is 0 Å². The maximum Gasteiger partial charge on any atom is 0.454 e. The largest absolute Gasteiger partial charge is 0.454 e. The predicted octanol–water partition coefficient (Wildman–Crippen LogP) is 0.403. The first kappa shape index (κ1) is 5.75. The standard InChI is InChI=1S/C6H11BO2/c8-7(9)5-3-6(4-5)1-2-6/h5,8-9H,1-4H2. The smallest absolute Gasteiger partial charge is 0.427 e. The summed E-state index contributed by atoms with van der Waals surface area (Å²) in [6.07, 6.45) is 4.78. The van der Waals surface area contributed by atoms with Crippen molar-refractivity contribution in [3.8, 4) is 0 Å². The second kappa shape index (κ2) is 1.52. The van der Waals surface area contributed by atoms with Crippen LogP contribution in [0.25, 0.3) is 0 Å². The summed E-state index contributed by atoms with van der Waals surface area (Å²) < 4.78 is 0. The Bertz CT molecular complexity index is 123. The minimum absolute atomic E-state index is 0.201. The molecule has 0 saturated heterocycles. The fourth-order valence-corrected chi connectivity index (χ4v) is 1.85. The molecule has 0 atom stereocenters. The maximum absolute atomic E-state index is 8.69. The molecule has 2 N–H and O–H groups in total. The maximum atomic E-state index is 8.69. The van der Waals surface area contributed by atoms with Crippen molar-refractivity contribution in [2.75, 3.05) is 0 Å². The molecule has 0 radical (unpaired) electrons. The molecule has 0 bridgehead atoms. The van der Waals surface area contributed by atoms with Crippen LogP contribution in [0.2, 0.25) is 5.82 Å². The van der Waals surface area contributed by atoms with Gasteiger partial charge in [-0.3, -0.25) is 0 Å². The van der Waals surface area contributed by atoms with Gasteiger partial charge in [-0.25, -0.2) is 0 Å². The highest BCUT2D eigenvalue weighted by atomic mass is 16.4. The van der Waals surface area contributed by atoms with Gasteiger partial charge < -0.3 is 10.0 Å². The molecule has 9 heavy (non-hydrogen) atoms. The van der Waals surface area contributed by atoms with Gasteiger partial charge >= 0.3 is 7.12 Å². The number of hydrogen-bond donors (Lipinski definition) is 2. The summed E-state index contributed by atoms with van der Waals surface area (Å²) in [4.78, 5) is 0. The van der Waals surface area contributed by atoms with Crippen LogP contribution in [0.3, 0.4) is 0 Å². The number of hydrogen-bond acceptors (Lipinski definition) is 2. The van der Waals surface area contributed by atoms with Gasteiger partial charge in [-0.15, -0.1) is 0 Å². The molecule has 50 valence electrons. The molecule has 0 unspecified atom stereocenters. The Balaban J connectivity index is 1.83. The summed E-state index contributed by atoms with van der Waals surface area (Å²) in [5.74, 6) is 0.201. The Morgan fingerprint density at radius 2 is 1.78 bits per heavy atom. The Labute approximate surface area is 55.0 Å². The van der Waals surface area contributed by atoms with Crippen LogP contribution in [0, 0.1) is 5.41 Å². The van der Waals surface area contributed by atoms with Crippen LogP contribution in [0.5, 0.6) is 0 Å². The van der Waals surface area contributed by atoms with Gasteiger partial charge in [0.05, 0.1) is 0 Å². The van der Waals surface area contributed by atoms with Gasteiger partial charge in [0.25, 0.3) is 0 Å². The minimum atomic E-state index is -1.05. The molecule has 0 aliphatic heterocycles. The highest BCUT2D eigenvalue weighted by Gasteiger charge is 2.55. The normalized spacial score (nSPS) is 30.0. The lowest BCUT2D eigenvalue weighted by Gasteiger charge is -2.34. The molecule has 2 aliphatic rings. The van der Waals surface area contributed by atoms with Crippen LogP contribution in [-0.2, 0) is 0 Å². The van der Waals surface area contributed by atoms with E-state index in [-0.39, 0.29) is 5.82 Å². The molecule has 0 heterocycles. The van der Waals surface area contributed by atoms with E-state index in [1.807, 2.05) is 0 Å². The summed E-state index contributed by atoms with van der Waals surface area (Å²) in [5.41, 5.74) is 0.606. The molecule has 0 aromatic rings. The fraction of sp³-hybridized carbons (Fsp3) is 1.00. The first-order chi connectivity index (χ1) is 4.22. The molecule has 1 spiro atoms. The van der Waals surface area contributed by atoms with E-state index in [2.05, 4.69) is 0 Å². The van der Waals surface area contributed by atoms with Crippen LogP contribution in [0.4, 0.5) is 0 Å². The average molecular weight is 126 g/mol. The molecular formula is C6H11BO2. The SMILES string of the molecule is OB(O)C1CC2(CC2)C1. The molecule has 2 nitrogen and oxygen atoms in total. The van der Waals surface area contributed by atoms with Crippen LogP contribution in [-0.4, -0.2) is 17.2 Å². The second-order valence-electron chi connectivity index (χ2n) is 3.58. The zero-order valence-electron chi connectivity index (χ0n) is 5.38. The van der Waals surface area contributed by atoms with Gasteiger partial charge in [0, 0.05) is 0 Å². The van der Waals surface area contributed by atoms with E-state index in [4.69, 9.17) is 10.0 Å². The third-order valence-corrected chi connectivity index (χ3v) is 2.77. The lowest BCUT2D eigenvalue weighted by Crippen LogP contribution is -2.33. The molecule has 0 amide bonds. The Morgan fingerprint density at radius 3 is 2.11 bits per heavy atom. The van der Waals surface area contributed by atoms with Gasteiger partial charge in [0.2, 0.25) is 0 Å². The molecule has 2 aliphatic carbocycles. The fourth-order valence-electron chi connectivity index (χ4n) is 1.85. The van der Waals surface area contributed by atoms with E-state index in [1.54, 1.807) is 0 Å². The molecule has 0 aromatic carbocycles. The van der Waals surface area contributed by atoms with Gasteiger partial charge in [-0.1, -0.05) is 0 Å². The summed E-state index contributed by atoms with van der Waals surface area (Å²) in [6, 6.07) is 0. The summed E-state index contributed by atoms with van der Waals surface area (Å²) in [7, 11) is -1.05. The van der Waals surface area contributed by atoms with Crippen LogP contribution in [0.1, 0.15) is 25.7 Å². The van der Waals surface area contributed by atoms with Crippen molar-refractivity contribution in [2.24, 2.45) is 5.41 Å². The highest BCUT2D eigenvalue weighted by Crippen LogP contribution is 2.65. The van der Waals surface area contributed by atoms with Crippen molar-refractivity contribution in [1.82, 2.24) is 0 Å². The summed E-state index contributed by atoms with van der Waals surface area (Å²) >= 11 is 0. The van der Waals surface area contributed by atoms with Gasteiger partial charge in [-0.05, 0) is 36.9 Å². The summed E-state index contributed by atoms with van der Waals surface area (Å²) in [6.45, 7) is 0. The Kier molecular flexibility index (Phi) is 0.973. The second-order valence-corrected chi connectivity index (χ2v) is 3.58. The van der Waals surface area contributed by atoms with E-state index in [9.17, 15) is 0 Å². The van der Waals surface area contributed by atoms with Crippen LogP contribution < -0.4 is 0 Å². The van der Waals surface area contributed by atoms with Crippen molar-refractivity contribution < 1.29 is 10.0 Å². The summed E-state index contributed by atoms with van der Waals surface area (Å²) in [5, 5.41) is 17.4. The van der Waals surface area contributed by atoms with E-state index in [1.165, 1.54) is 12.8 Å². The molecule has 2 saturated carbocycles. The Morgan fingerprint density at radius 1 is 1.22 bits per heavy atom. The predicted molar refractivity (Wildman–Crippen MR) is 34.8 cm³/mol. The Hall–Kier alpha value is -0.0151. The zero-order valence-corrected chi connectivity index (χ0v) is 5.38. The van der Waals surface area contributed by atoms with Crippen molar-refractivity contribution in [2.45, 2.75) is 31.5 Å². The molecule has 3 heteroatoms. The minimum Gasteiger partial charge on any atom is -0.427 e. The van der Waals surface area contributed by atoms with E-state index in [0.717, 1.165) is 12.8 Å². The quantitative estimate of drug-likeness (QED) is 0.499. The monoisotopic (exact) mass is 126 g/mol. The lowest BCUT2D eigenvalue weighted by molar-refractivity contribution is 0.236. The highest BCUT2D eigenvalue weighted by molar-refractivity contribution is 6.43. The first-order valence-electron chi connectivity index (χ1n) is 3.58. The topological polar surface area (TPSA) is 40.5 Å². The van der Waals surface area contributed by atoms with Crippen molar-refractivity contribution >= 4 is 7.12 Å². The van der Waals surface area contributed by atoms with E-state index >= 15 is 0 Å². The van der Waals surface area contributed by atoms with Crippen molar-refractivity contribution in [1.29, 1.82) is 0 Å². The van der Waals surface area contributed by atoms with Crippen molar-refractivity contribution in [3.63, 3.8) is 0 Å². The molecule has 0 aromatic heterocycles. The molecule has 2 fully saturated rings. The van der Waals surface area contributed by atoms with Crippen LogP contribution in [0.15, 0.2) is 0 Å². The van der Waals surface area contributed by atoms with Gasteiger partial charge in [0.15, 0.2) is 0 Å². The first-order valence-corrected chi connectivity index (χ1v) is 3.58. The zero-order chi connectivity index (χ0) is 6.48. The number of rotatable bonds is 1.